The van der Waals surface area contributed by atoms with Crippen molar-refractivity contribution in [3.05, 3.63) is 54.2 Å². The number of piperidine rings is 1. The maximum Gasteiger partial charge on any atom is 0.253 e. The van der Waals surface area contributed by atoms with Crippen molar-refractivity contribution < 1.29 is 4.79 Å². The molecule has 1 saturated heterocycles. The highest BCUT2D eigenvalue weighted by Crippen LogP contribution is 2.26. The second-order valence-electron chi connectivity index (χ2n) is 5.67. The van der Waals surface area contributed by atoms with E-state index in [9.17, 15) is 4.79 Å². The largest absolute Gasteiger partial charge is 0.337 e. The number of likely N-dealkylation sites (tertiary alicyclic amines) is 1. The van der Waals surface area contributed by atoms with E-state index < -0.39 is 0 Å². The van der Waals surface area contributed by atoms with E-state index in [0.717, 1.165) is 41.4 Å². The van der Waals surface area contributed by atoms with Crippen LogP contribution in [0.25, 0.3) is 0 Å². The highest BCUT2D eigenvalue weighted by atomic mass is 32.2. The van der Waals surface area contributed by atoms with Gasteiger partial charge in [-0.25, -0.2) is 4.98 Å². The van der Waals surface area contributed by atoms with Gasteiger partial charge in [0.05, 0.1) is 0 Å². The number of likely N-dealkylation sites (N-methyl/N-ethyl adjacent to an activating group) is 1. The summed E-state index contributed by atoms with van der Waals surface area (Å²) in [4.78, 5) is 20.0. The Kier molecular flexibility index (Phi) is 5.31. The summed E-state index contributed by atoms with van der Waals surface area (Å²) >= 11 is 1.60. The summed E-state index contributed by atoms with van der Waals surface area (Å²) in [5, 5.41) is 4.23. The van der Waals surface area contributed by atoms with Crippen LogP contribution in [0.3, 0.4) is 0 Å². The van der Waals surface area contributed by atoms with Crippen molar-refractivity contribution in [1.29, 1.82) is 0 Å². The minimum absolute atomic E-state index is 0.124. The van der Waals surface area contributed by atoms with Gasteiger partial charge in [0, 0.05) is 35.8 Å². The van der Waals surface area contributed by atoms with Crippen LogP contribution in [0.4, 0.5) is 0 Å². The molecule has 1 aromatic carbocycles. The molecule has 1 atom stereocenters. The van der Waals surface area contributed by atoms with Gasteiger partial charge in [-0.1, -0.05) is 17.8 Å². The summed E-state index contributed by atoms with van der Waals surface area (Å²) in [6.07, 6.45) is 3.99. The molecule has 3 rings (SSSR count). The van der Waals surface area contributed by atoms with Crippen LogP contribution in [0.15, 0.2) is 58.6 Å². The lowest BCUT2D eigenvalue weighted by atomic mass is 10.0. The number of carbonyl (C=O) groups excluding carboxylic acids is 1. The van der Waals surface area contributed by atoms with Gasteiger partial charge in [-0.2, -0.15) is 0 Å². The smallest absolute Gasteiger partial charge is 0.253 e. The first-order chi connectivity index (χ1) is 11.3. The number of nitrogens with one attached hydrogen (secondary N) is 1. The molecular formula is C18H21N3OS. The van der Waals surface area contributed by atoms with E-state index in [-0.39, 0.29) is 5.91 Å². The molecular weight excluding hydrogens is 306 g/mol. The molecule has 1 unspecified atom stereocenters. The van der Waals surface area contributed by atoms with E-state index in [1.54, 1.807) is 18.0 Å². The molecule has 1 aliphatic rings. The third-order valence-corrected chi connectivity index (χ3v) is 5.04. The number of aromatic nitrogens is 1. The quantitative estimate of drug-likeness (QED) is 0.937. The van der Waals surface area contributed by atoms with Gasteiger partial charge >= 0.3 is 0 Å². The maximum absolute atomic E-state index is 12.6. The zero-order valence-electron chi connectivity index (χ0n) is 13.2. The molecule has 23 heavy (non-hydrogen) atoms. The Morgan fingerprint density at radius 1 is 1.26 bits per heavy atom. The topological polar surface area (TPSA) is 45.2 Å². The SMILES string of the molecule is CNC1CCCN(C(=O)c2ccc(Sc3ccccn3)cc2)C1. The Hall–Kier alpha value is -1.85. The molecule has 2 aromatic rings. The van der Waals surface area contributed by atoms with Gasteiger partial charge in [-0.05, 0) is 56.3 Å². The third-order valence-electron chi connectivity index (χ3n) is 4.08. The predicted octanol–water partition coefficient (Wildman–Crippen LogP) is 3.06. The highest BCUT2D eigenvalue weighted by molar-refractivity contribution is 7.99. The molecule has 1 N–H and O–H groups in total. The van der Waals surface area contributed by atoms with Gasteiger partial charge in [-0.3, -0.25) is 4.79 Å². The molecule has 0 saturated carbocycles. The number of hydrogen-bond donors (Lipinski definition) is 1. The first-order valence-corrected chi connectivity index (χ1v) is 8.73. The highest BCUT2D eigenvalue weighted by Gasteiger charge is 2.23. The van der Waals surface area contributed by atoms with E-state index in [2.05, 4.69) is 10.3 Å². The Labute approximate surface area is 141 Å². The van der Waals surface area contributed by atoms with Gasteiger partial charge in [-0.15, -0.1) is 0 Å². The van der Waals surface area contributed by atoms with Gasteiger partial charge in [0.25, 0.3) is 5.91 Å². The lowest BCUT2D eigenvalue weighted by Crippen LogP contribution is -2.46. The molecule has 120 valence electrons. The van der Waals surface area contributed by atoms with Crippen molar-refractivity contribution in [3.63, 3.8) is 0 Å². The number of carbonyl (C=O) groups is 1. The molecule has 1 fully saturated rings. The number of rotatable bonds is 4. The van der Waals surface area contributed by atoms with Gasteiger partial charge in [0.2, 0.25) is 0 Å². The van der Waals surface area contributed by atoms with Crippen LogP contribution < -0.4 is 5.32 Å². The summed E-state index contributed by atoms with van der Waals surface area (Å²) in [5.41, 5.74) is 0.757. The first kappa shape index (κ1) is 16.0. The fourth-order valence-corrected chi connectivity index (χ4v) is 3.55. The van der Waals surface area contributed by atoms with E-state index in [4.69, 9.17) is 0 Å². The van der Waals surface area contributed by atoms with Crippen LogP contribution in [0, 0.1) is 0 Å². The van der Waals surface area contributed by atoms with Crippen molar-refractivity contribution in [2.45, 2.75) is 28.8 Å². The van der Waals surface area contributed by atoms with Crippen molar-refractivity contribution in [3.8, 4) is 0 Å². The van der Waals surface area contributed by atoms with Gasteiger partial charge < -0.3 is 10.2 Å². The van der Waals surface area contributed by atoms with Crippen molar-refractivity contribution >= 4 is 17.7 Å². The van der Waals surface area contributed by atoms with Crippen LogP contribution in [-0.2, 0) is 0 Å². The lowest BCUT2D eigenvalue weighted by Gasteiger charge is -2.32. The number of nitrogens with zero attached hydrogens (tertiary/aromatic N) is 2. The maximum atomic E-state index is 12.6. The average molecular weight is 327 g/mol. The molecule has 0 aliphatic carbocycles. The molecule has 0 radical (unpaired) electrons. The van der Waals surface area contributed by atoms with E-state index in [1.807, 2.05) is 54.4 Å². The van der Waals surface area contributed by atoms with E-state index in [0.29, 0.717) is 6.04 Å². The van der Waals surface area contributed by atoms with Crippen LogP contribution in [-0.4, -0.2) is 42.0 Å². The molecule has 5 heteroatoms. The molecule has 1 aliphatic heterocycles. The normalized spacial score (nSPS) is 18.0. The van der Waals surface area contributed by atoms with Gasteiger partial charge in [0.1, 0.15) is 5.03 Å². The second-order valence-corrected chi connectivity index (χ2v) is 6.77. The zero-order valence-corrected chi connectivity index (χ0v) is 14.1. The Morgan fingerprint density at radius 2 is 2.09 bits per heavy atom. The molecule has 1 amide bonds. The van der Waals surface area contributed by atoms with Crippen molar-refractivity contribution in [1.82, 2.24) is 15.2 Å². The molecule has 0 bridgehead atoms. The summed E-state index contributed by atoms with van der Waals surface area (Å²) < 4.78 is 0. The monoisotopic (exact) mass is 327 g/mol. The van der Waals surface area contributed by atoms with E-state index in [1.165, 1.54) is 0 Å². The van der Waals surface area contributed by atoms with E-state index >= 15 is 0 Å². The summed E-state index contributed by atoms with van der Waals surface area (Å²) in [5.74, 6) is 0.124. The van der Waals surface area contributed by atoms with Gasteiger partial charge in [0.15, 0.2) is 0 Å². The Morgan fingerprint density at radius 3 is 2.78 bits per heavy atom. The van der Waals surface area contributed by atoms with Crippen LogP contribution in [0.1, 0.15) is 23.2 Å². The number of hydrogen-bond acceptors (Lipinski definition) is 4. The Balaban J connectivity index is 1.65. The van der Waals surface area contributed by atoms with Crippen molar-refractivity contribution in [2.24, 2.45) is 0 Å². The van der Waals surface area contributed by atoms with Crippen molar-refractivity contribution in [2.75, 3.05) is 20.1 Å². The molecule has 1 aromatic heterocycles. The minimum Gasteiger partial charge on any atom is -0.337 e. The van der Waals surface area contributed by atoms with Crippen LogP contribution >= 0.6 is 11.8 Å². The molecule has 0 spiro atoms. The predicted molar refractivity (Wildman–Crippen MR) is 92.8 cm³/mol. The summed E-state index contributed by atoms with van der Waals surface area (Å²) in [6, 6.07) is 14.1. The Bertz CT molecular complexity index is 645. The average Bonchev–Trinajstić information content (AvgIpc) is 2.63. The second kappa shape index (κ2) is 7.62. The number of amides is 1. The number of pyridine rings is 1. The summed E-state index contributed by atoms with van der Waals surface area (Å²) in [7, 11) is 1.96. The van der Waals surface area contributed by atoms with Crippen LogP contribution in [0.2, 0.25) is 0 Å². The standard InChI is InChI=1S/C18H21N3OS/c1-19-15-5-4-12-21(13-15)18(22)14-7-9-16(10-8-14)23-17-6-2-3-11-20-17/h2-3,6-11,15,19H,4-5,12-13H2,1H3. The lowest BCUT2D eigenvalue weighted by molar-refractivity contribution is 0.0698. The fourth-order valence-electron chi connectivity index (χ4n) is 2.77. The molecule has 2 heterocycles. The minimum atomic E-state index is 0.124. The number of benzene rings is 1. The fraction of sp³-hybridized carbons (Fsp3) is 0.333. The molecule has 4 nitrogen and oxygen atoms in total. The summed E-state index contributed by atoms with van der Waals surface area (Å²) in [6.45, 7) is 1.64. The first-order valence-electron chi connectivity index (χ1n) is 7.92. The zero-order chi connectivity index (χ0) is 16.1. The third kappa shape index (κ3) is 4.12. The van der Waals surface area contributed by atoms with Crippen LogP contribution in [0.5, 0.6) is 0 Å².